The number of carboxylic acids is 1. The van der Waals surface area contributed by atoms with Crippen LogP contribution in [0.5, 0.6) is 0 Å². The SMILES string of the molecule is CC(=O)N[C@@H](NC(=S)Nc1ccc(C(=O)O)cc1)C(Cl)(Cl)Cl. The van der Waals surface area contributed by atoms with Crippen molar-refractivity contribution in [2.24, 2.45) is 0 Å². The van der Waals surface area contributed by atoms with Gasteiger partial charge >= 0.3 is 5.97 Å². The fraction of sp³-hybridized carbons (Fsp3) is 0.250. The molecule has 0 aliphatic carbocycles. The summed E-state index contributed by atoms with van der Waals surface area (Å²) >= 11 is 22.3. The van der Waals surface area contributed by atoms with Crippen LogP contribution in [0.25, 0.3) is 0 Å². The van der Waals surface area contributed by atoms with E-state index in [4.69, 9.17) is 52.1 Å². The van der Waals surface area contributed by atoms with Crippen molar-refractivity contribution in [3.63, 3.8) is 0 Å². The van der Waals surface area contributed by atoms with Gasteiger partial charge in [-0.2, -0.15) is 0 Å². The normalized spacial score (nSPS) is 12.2. The van der Waals surface area contributed by atoms with Gasteiger partial charge in [-0.25, -0.2) is 4.79 Å². The Kier molecular flexibility index (Phi) is 6.67. The molecule has 1 atom stereocenters. The largest absolute Gasteiger partial charge is 0.478 e. The zero-order chi connectivity index (χ0) is 16.9. The standard InChI is InChI=1S/C12H12Cl3N3O3S/c1-6(19)16-10(12(13,14)15)18-11(22)17-8-4-2-7(3-5-8)9(20)21/h2-5,10H,1H3,(H,16,19)(H,20,21)(H2,17,18,22)/t10-/m0/s1. The number of amides is 1. The molecule has 10 heteroatoms. The number of aromatic carboxylic acids is 1. The summed E-state index contributed by atoms with van der Waals surface area (Å²) in [6.45, 7) is 1.27. The number of alkyl halides is 3. The van der Waals surface area contributed by atoms with Gasteiger partial charge in [0.2, 0.25) is 9.70 Å². The summed E-state index contributed by atoms with van der Waals surface area (Å²) in [7, 11) is 0. The van der Waals surface area contributed by atoms with E-state index in [2.05, 4.69) is 16.0 Å². The first-order chi connectivity index (χ1) is 10.1. The quantitative estimate of drug-likeness (QED) is 0.362. The minimum absolute atomic E-state index is 0.0909. The number of rotatable bonds is 4. The number of halogens is 3. The highest BCUT2D eigenvalue weighted by Gasteiger charge is 2.33. The summed E-state index contributed by atoms with van der Waals surface area (Å²) in [5.41, 5.74) is 0.676. The average Bonchev–Trinajstić information content (AvgIpc) is 2.36. The second-order valence-corrected chi connectivity index (χ2v) is 6.93. The zero-order valence-electron chi connectivity index (χ0n) is 11.2. The van der Waals surface area contributed by atoms with Crippen molar-refractivity contribution in [2.75, 3.05) is 5.32 Å². The van der Waals surface area contributed by atoms with Gasteiger partial charge in [0.05, 0.1) is 5.56 Å². The number of carbonyl (C=O) groups excluding carboxylic acids is 1. The maximum atomic E-state index is 11.1. The number of thiocarbonyl (C=S) groups is 1. The Morgan fingerprint density at radius 3 is 2.14 bits per heavy atom. The Morgan fingerprint density at radius 1 is 1.18 bits per heavy atom. The summed E-state index contributed by atoms with van der Waals surface area (Å²) in [6, 6.07) is 5.88. The first kappa shape index (κ1) is 18.8. The molecule has 1 aromatic carbocycles. The molecule has 0 aliphatic heterocycles. The van der Waals surface area contributed by atoms with Crippen molar-refractivity contribution >= 4 is 69.7 Å². The number of benzene rings is 1. The van der Waals surface area contributed by atoms with Gasteiger partial charge in [-0.15, -0.1) is 0 Å². The fourth-order valence-corrected chi connectivity index (χ4v) is 1.96. The first-order valence-corrected chi connectivity index (χ1v) is 7.38. The highest BCUT2D eigenvalue weighted by Crippen LogP contribution is 2.29. The predicted octanol–water partition coefficient (Wildman–Crippen LogP) is 2.50. The van der Waals surface area contributed by atoms with E-state index in [1.54, 1.807) is 0 Å². The van der Waals surface area contributed by atoms with E-state index < -0.39 is 21.8 Å². The van der Waals surface area contributed by atoms with Crippen molar-refractivity contribution in [1.29, 1.82) is 0 Å². The summed E-state index contributed by atoms with van der Waals surface area (Å²) < 4.78 is -1.81. The highest BCUT2D eigenvalue weighted by molar-refractivity contribution is 7.80. The third-order valence-electron chi connectivity index (χ3n) is 2.34. The van der Waals surface area contributed by atoms with Crippen LogP contribution in [-0.2, 0) is 4.79 Å². The monoisotopic (exact) mass is 383 g/mol. The minimum atomic E-state index is -1.81. The predicted molar refractivity (Wildman–Crippen MR) is 90.7 cm³/mol. The van der Waals surface area contributed by atoms with Crippen LogP contribution in [0.15, 0.2) is 24.3 Å². The van der Waals surface area contributed by atoms with Crippen LogP contribution in [0.1, 0.15) is 17.3 Å². The second kappa shape index (κ2) is 7.82. The molecule has 4 N–H and O–H groups in total. The Morgan fingerprint density at radius 2 is 1.73 bits per heavy atom. The van der Waals surface area contributed by atoms with Gasteiger partial charge in [-0.1, -0.05) is 34.8 Å². The lowest BCUT2D eigenvalue weighted by molar-refractivity contribution is -0.119. The molecule has 0 spiro atoms. The average molecular weight is 385 g/mol. The fourth-order valence-electron chi connectivity index (χ4n) is 1.40. The van der Waals surface area contributed by atoms with E-state index in [-0.39, 0.29) is 10.7 Å². The molecule has 120 valence electrons. The molecule has 1 rings (SSSR count). The summed E-state index contributed by atoms with van der Waals surface area (Å²) in [5, 5.41) is 16.7. The zero-order valence-corrected chi connectivity index (χ0v) is 14.3. The summed E-state index contributed by atoms with van der Waals surface area (Å²) in [5.74, 6) is -1.44. The van der Waals surface area contributed by atoms with Crippen molar-refractivity contribution < 1.29 is 14.7 Å². The topological polar surface area (TPSA) is 90.5 Å². The van der Waals surface area contributed by atoms with Crippen molar-refractivity contribution in [3.8, 4) is 0 Å². The third kappa shape index (κ3) is 6.23. The van der Waals surface area contributed by atoms with E-state index in [1.807, 2.05) is 0 Å². The van der Waals surface area contributed by atoms with Gasteiger partial charge in [0.15, 0.2) is 5.11 Å². The molecule has 0 bridgehead atoms. The minimum Gasteiger partial charge on any atom is -0.478 e. The van der Waals surface area contributed by atoms with E-state index in [1.165, 1.54) is 31.2 Å². The molecule has 1 aromatic rings. The molecule has 0 aliphatic rings. The maximum absolute atomic E-state index is 11.1. The molecule has 1 amide bonds. The third-order valence-corrected chi connectivity index (χ3v) is 3.21. The molecule has 0 saturated heterocycles. The van der Waals surface area contributed by atoms with Crippen LogP contribution in [-0.4, -0.2) is 32.1 Å². The summed E-state index contributed by atoms with van der Waals surface area (Å²) in [6.07, 6.45) is -1.03. The molecule has 0 aromatic heterocycles. The molecule has 6 nitrogen and oxygen atoms in total. The van der Waals surface area contributed by atoms with Crippen LogP contribution in [0.4, 0.5) is 5.69 Å². The van der Waals surface area contributed by atoms with E-state index in [0.29, 0.717) is 5.69 Å². The number of hydrogen-bond donors (Lipinski definition) is 4. The van der Waals surface area contributed by atoms with Gasteiger partial charge in [0.25, 0.3) is 0 Å². The summed E-state index contributed by atoms with van der Waals surface area (Å²) in [4.78, 5) is 21.8. The van der Waals surface area contributed by atoms with E-state index in [9.17, 15) is 9.59 Å². The van der Waals surface area contributed by atoms with Crippen LogP contribution in [0.3, 0.4) is 0 Å². The number of carboxylic acid groups (broad SMARTS) is 1. The first-order valence-electron chi connectivity index (χ1n) is 5.84. The molecular formula is C12H12Cl3N3O3S. The lowest BCUT2D eigenvalue weighted by Gasteiger charge is -2.27. The molecule has 0 heterocycles. The molecule has 0 saturated carbocycles. The molecule has 0 radical (unpaired) electrons. The van der Waals surface area contributed by atoms with Crippen LogP contribution in [0, 0.1) is 0 Å². The Hall–Kier alpha value is -1.28. The van der Waals surface area contributed by atoms with Crippen LogP contribution < -0.4 is 16.0 Å². The number of carbonyl (C=O) groups is 2. The van der Waals surface area contributed by atoms with Gasteiger partial charge in [-0.3, -0.25) is 4.79 Å². The lowest BCUT2D eigenvalue weighted by atomic mass is 10.2. The second-order valence-electron chi connectivity index (χ2n) is 4.16. The molecule has 22 heavy (non-hydrogen) atoms. The van der Waals surface area contributed by atoms with Crippen molar-refractivity contribution in [1.82, 2.24) is 10.6 Å². The van der Waals surface area contributed by atoms with Crippen LogP contribution in [0.2, 0.25) is 0 Å². The maximum Gasteiger partial charge on any atom is 0.335 e. The molecule has 0 fully saturated rings. The van der Waals surface area contributed by atoms with Crippen LogP contribution >= 0.6 is 47.0 Å². The smallest absolute Gasteiger partial charge is 0.335 e. The highest BCUT2D eigenvalue weighted by atomic mass is 35.6. The van der Waals surface area contributed by atoms with E-state index in [0.717, 1.165) is 0 Å². The number of anilines is 1. The Balaban J connectivity index is 2.71. The Labute approximate surface area is 147 Å². The molecule has 0 unspecified atom stereocenters. The molecular weight excluding hydrogens is 373 g/mol. The van der Waals surface area contributed by atoms with Gasteiger partial charge in [-0.05, 0) is 36.5 Å². The van der Waals surface area contributed by atoms with Gasteiger partial charge in [0.1, 0.15) is 6.17 Å². The number of nitrogens with one attached hydrogen (secondary N) is 3. The number of hydrogen-bond acceptors (Lipinski definition) is 3. The van der Waals surface area contributed by atoms with Crippen molar-refractivity contribution in [3.05, 3.63) is 29.8 Å². The Bertz CT molecular complexity index is 575. The van der Waals surface area contributed by atoms with Crippen molar-refractivity contribution in [2.45, 2.75) is 16.9 Å². The van der Waals surface area contributed by atoms with E-state index >= 15 is 0 Å². The van der Waals surface area contributed by atoms with Gasteiger partial charge < -0.3 is 21.1 Å². The van der Waals surface area contributed by atoms with Gasteiger partial charge in [0, 0.05) is 12.6 Å². The lowest BCUT2D eigenvalue weighted by Crippen LogP contribution is -2.55.